The summed E-state index contributed by atoms with van der Waals surface area (Å²) >= 11 is 3.38. The Morgan fingerprint density at radius 2 is 1.69 bits per heavy atom. The lowest BCUT2D eigenvalue weighted by Crippen LogP contribution is -1.80. The quantitative estimate of drug-likeness (QED) is 0.716. The van der Waals surface area contributed by atoms with E-state index in [4.69, 9.17) is 0 Å². The average molecular weight is 250 g/mol. The van der Waals surface area contributed by atoms with Gasteiger partial charge in [-0.3, -0.25) is 4.79 Å². The first-order valence-corrected chi connectivity index (χ1v) is 6.86. The molecule has 3 heteroatoms. The molecule has 0 aliphatic heterocycles. The minimum atomic E-state index is 0.859. The predicted molar refractivity (Wildman–Crippen MR) is 72.0 cm³/mol. The molecule has 0 unspecified atom stereocenters. The molecular formula is C13H14OS2. The number of carbonyl (C=O) groups excluding carboxylic acids is 1. The van der Waals surface area contributed by atoms with E-state index in [0.29, 0.717) is 0 Å². The summed E-state index contributed by atoms with van der Waals surface area (Å²) in [6.45, 7) is 8.40. The smallest absolute Gasteiger partial charge is 0.160 e. The Kier molecular flexibility index (Phi) is 3.00. The van der Waals surface area contributed by atoms with Crippen molar-refractivity contribution in [3.8, 4) is 9.75 Å². The fourth-order valence-corrected chi connectivity index (χ4v) is 4.14. The second-order valence-corrected chi connectivity index (χ2v) is 5.97. The molecule has 2 rings (SSSR count). The van der Waals surface area contributed by atoms with E-state index in [1.165, 1.54) is 26.4 Å². The number of aryl methyl sites for hydroxylation is 1. The van der Waals surface area contributed by atoms with Crippen LogP contribution in [0.4, 0.5) is 0 Å². The van der Waals surface area contributed by atoms with E-state index in [-0.39, 0.29) is 0 Å². The van der Waals surface area contributed by atoms with Gasteiger partial charge in [0.2, 0.25) is 0 Å². The third-order valence-corrected chi connectivity index (χ3v) is 5.77. The van der Waals surface area contributed by atoms with Crippen LogP contribution >= 0.6 is 22.7 Å². The molecule has 0 saturated carbocycles. The molecule has 0 radical (unpaired) electrons. The van der Waals surface area contributed by atoms with Crippen LogP contribution in [-0.4, -0.2) is 6.29 Å². The second kappa shape index (κ2) is 4.15. The van der Waals surface area contributed by atoms with Gasteiger partial charge < -0.3 is 0 Å². The fourth-order valence-electron chi connectivity index (χ4n) is 1.67. The molecule has 16 heavy (non-hydrogen) atoms. The highest BCUT2D eigenvalue weighted by molar-refractivity contribution is 7.22. The number of rotatable bonds is 2. The Morgan fingerprint density at radius 1 is 1.00 bits per heavy atom. The number of carbonyl (C=O) groups is 1. The highest BCUT2D eigenvalue weighted by Gasteiger charge is 2.16. The molecule has 0 aliphatic rings. The summed E-state index contributed by atoms with van der Waals surface area (Å²) in [5, 5.41) is 2.18. The monoisotopic (exact) mass is 250 g/mol. The lowest BCUT2D eigenvalue weighted by Gasteiger charge is -1.99. The SMILES string of the molecule is Cc1csc(-c2sc(C=O)c(C)c2C)c1C. The summed E-state index contributed by atoms with van der Waals surface area (Å²) in [4.78, 5) is 14.4. The Balaban J connectivity index is 2.65. The Bertz CT molecular complexity index is 547. The van der Waals surface area contributed by atoms with Gasteiger partial charge in [-0.05, 0) is 55.3 Å². The maximum absolute atomic E-state index is 10.9. The van der Waals surface area contributed by atoms with E-state index < -0.39 is 0 Å². The van der Waals surface area contributed by atoms with Crippen LogP contribution in [-0.2, 0) is 0 Å². The number of aldehydes is 1. The highest BCUT2D eigenvalue weighted by Crippen LogP contribution is 2.40. The van der Waals surface area contributed by atoms with Crippen LogP contribution in [0.3, 0.4) is 0 Å². The van der Waals surface area contributed by atoms with Gasteiger partial charge in [0.1, 0.15) is 0 Å². The van der Waals surface area contributed by atoms with Gasteiger partial charge in [0.25, 0.3) is 0 Å². The van der Waals surface area contributed by atoms with Gasteiger partial charge in [-0.2, -0.15) is 0 Å². The Hall–Kier alpha value is -0.930. The number of hydrogen-bond donors (Lipinski definition) is 0. The van der Waals surface area contributed by atoms with Crippen molar-refractivity contribution < 1.29 is 4.79 Å². The molecule has 0 spiro atoms. The van der Waals surface area contributed by atoms with E-state index in [9.17, 15) is 4.79 Å². The fraction of sp³-hybridized carbons (Fsp3) is 0.308. The van der Waals surface area contributed by atoms with E-state index in [1.807, 2.05) is 6.92 Å². The Morgan fingerprint density at radius 3 is 2.12 bits per heavy atom. The topological polar surface area (TPSA) is 17.1 Å². The van der Waals surface area contributed by atoms with E-state index in [0.717, 1.165) is 16.7 Å². The van der Waals surface area contributed by atoms with Crippen molar-refractivity contribution in [2.75, 3.05) is 0 Å². The lowest BCUT2D eigenvalue weighted by molar-refractivity contribution is 0.112. The van der Waals surface area contributed by atoms with Crippen LogP contribution in [0.15, 0.2) is 5.38 Å². The van der Waals surface area contributed by atoms with Crippen molar-refractivity contribution in [3.63, 3.8) is 0 Å². The molecule has 2 aromatic heterocycles. The first-order valence-electron chi connectivity index (χ1n) is 5.16. The maximum Gasteiger partial charge on any atom is 0.160 e. The number of thiophene rings is 2. The van der Waals surface area contributed by atoms with Gasteiger partial charge in [0, 0.05) is 9.75 Å². The molecule has 0 atom stereocenters. The van der Waals surface area contributed by atoms with Crippen molar-refractivity contribution in [2.24, 2.45) is 0 Å². The van der Waals surface area contributed by atoms with Crippen molar-refractivity contribution in [3.05, 3.63) is 32.5 Å². The molecule has 0 aliphatic carbocycles. The van der Waals surface area contributed by atoms with Crippen molar-refractivity contribution in [1.29, 1.82) is 0 Å². The zero-order valence-corrected chi connectivity index (χ0v) is 11.5. The van der Waals surface area contributed by atoms with Crippen molar-refractivity contribution in [2.45, 2.75) is 27.7 Å². The summed E-state index contributed by atoms with van der Waals surface area (Å²) in [6, 6.07) is 0. The van der Waals surface area contributed by atoms with E-state index in [2.05, 4.69) is 26.2 Å². The summed E-state index contributed by atoms with van der Waals surface area (Å²) < 4.78 is 0. The molecular weight excluding hydrogens is 236 g/mol. The van der Waals surface area contributed by atoms with E-state index >= 15 is 0 Å². The van der Waals surface area contributed by atoms with Gasteiger partial charge in [0.15, 0.2) is 6.29 Å². The maximum atomic E-state index is 10.9. The first-order chi connectivity index (χ1) is 7.56. The van der Waals surface area contributed by atoms with Crippen LogP contribution in [0, 0.1) is 27.7 Å². The standard InChI is InChI=1S/C13H14OS2/c1-7-6-15-12(8(7)2)13-10(4)9(3)11(5-14)16-13/h5-6H,1-4H3. The average Bonchev–Trinajstić information content (AvgIpc) is 2.73. The summed E-state index contributed by atoms with van der Waals surface area (Å²) in [5.41, 5.74) is 5.04. The summed E-state index contributed by atoms with van der Waals surface area (Å²) in [5.74, 6) is 0. The highest BCUT2D eigenvalue weighted by atomic mass is 32.1. The molecule has 0 bridgehead atoms. The van der Waals surface area contributed by atoms with Crippen LogP contribution < -0.4 is 0 Å². The summed E-state index contributed by atoms with van der Waals surface area (Å²) in [7, 11) is 0. The first kappa shape index (κ1) is 11.6. The molecule has 0 amide bonds. The molecule has 1 nitrogen and oxygen atoms in total. The largest absolute Gasteiger partial charge is 0.297 e. The van der Waals surface area contributed by atoms with Crippen molar-refractivity contribution >= 4 is 29.0 Å². The van der Waals surface area contributed by atoms with Crippen LogP contribution in [0.1, 0.15) is 31.9 Å². The molecule has 0 aromatic carbocycles. The molecule has 2 heterocycles. The Labute approximate surface area is 104 Å². The van der Waals surface area contributed by atoms with Gasteiger partial charge in [-0.15, -0.1) is 22.7 Å². The number of hydrogen-bond acceptors (Lipinski definition) is 3. The molecule has 0 N–H and O–H groups in total. The summed E-state index contributed by atoms with van der Waals surface area (Å²) in [6.07, 6.45) is 0.965. The minimum Gasteiger partial charge on any atom is -0.297 e. The molecule has 0 fully saturated rings. The van der Waals surface area contributed by atoms with E-state index in [1.54, 1.807) is 22.7 Å². The van der Waals surface area contributed by atoms with Crippen LogP contribution in [0.5, 0.6) is 0 Å². The third-order valence-electron chi connectivity index (χ3n) is 3.08. The third kappa shape index (κ3) is 1.64. The zero-order valence-electron chi connectivity index (χ0n) is 9.88. The molecule has 2 aromatic rings. The van der Waals surface area contributed by atoms with Gasteiger partial charge in [-0.1, -0.05) is 0 Å². The minimum absolute atomic E-state index is 0.859. The predicted octanol–water partition coefficient (Wildman–Crippen LogP) is 4.52. The van der Waals surface area contributed by atoms with Crippen LogP contribution in [0.25, 0.3) is 9.75 Å². The van der Waals surface area contributed by atoms with Gasteiger partial charge in [0.05, 0.1) is 4.88 Å². The zero-order chi connectivity index (χ0) is 11.9. The van der Waals surface area contributed by atoms with Crippen LogP contribution in [0.2, 0.25) is 0 Å². The molecule has 0 saturated heterocycles. The normalized spacial score (nSPS) is 10.8. The van der Waals surface area contributed by atoms with Gasteiger partial charge >= 0.3 is 0 Å². The molecule has 84 valence electrons. The second-order valence-electron chi connectivity index (χ2n) is 4.04. The lowest BCUT2D eigenvalue weighted by atomic mass is 10.1. The van der Waals surface area contributed by atoms with Gasteiger partial charge in [-0.25, -0.2) is 0 Å². The van der Waals surface area contributed by atoms with Crippen molar-refractivity contribution in [1.82, 2.24) is 0 Å².